The summed E-state index contributed by atoms with van der Waals surface area (Å²) in [6.45, 7) is 0.583. The first kappa shape index (κ1) is 12.6. The van der Waals surface area contributed by atoms with Crippen molar-refractivity contribution in [1.29, 1.82) is 0 Å². The summed E-state index contributed by atoms with van der Waals surface area (Å²) in [6.07, 6.45) is 4.19. The van der Waals surface area contributed by atoms with Gasteiger partial charge in [-0.1, -0.05) is 23.4 Å². The van der Waals surface area contributed by atoms with Crippen LogP contribution >= 0.6 is 0 Å². The van der Waals surface area contributed by atoms with Crippen LogP contribution in [-0.4, -0.2) is 26.2 Å². The molecule has 2 N–H and O–H groups in total. The minimum atomic E-state index is 0.505. The molecule has 102 valence electrons. The van der Waals surface area contributed by atoms with E-state index >= 15 is 0 Å². The van der Waals surface area contributed by atoms with Gasteiger partial charge >= 0.3 is 0 Å². The van der Waals surface area contributed by atoms with E-state index < -0.39 is 0 Å². The Bertz CT molecular complexity index is 716. The molecule has 0 radical (unpaired) electrons. The molecule has 3 aromatic rings. The molecule has 2 heterocycles. The highest BCUT2D eigenvalue weighted by atomic mass is 16.5. The van der Waals surface area contributed by atoms with E-state index in [4.69, 9.17) is 10.3 Å². The third-order valence-electron chi connectivity index (χ3n) is 3.13. The molecule has 1 aromatic carbocycles. The van der Waals surface area contributed by atoms with Crippen molar-refractivity contribution in [3.8, 4) is 23.0 Å². The summed E-state index contributed by atoms with van der Waals surface area (Å²) < 4.78 is 7.22. The topological polar surface area (TPSA) is 82.8 Å². The Kier molecular flexibility index (Phi) is 3.30. The molecule has 0 bridgehead atoms. The second-order valence-electron chi connectivity index (χ2n) is 4.51. The highest BCUT2D eigenvalue weighted by Crippen LogP contribution is 2.24. The van der Waals surface area contributed by atoms with Crippen molar-refractivity contribution in [2.24, 2.45) is 12.8 Å². The number of benzene rings is 1. The molecule has 6 heteroatoms. The van der Waals surface area contributed by atoms with Crippen LogP contribution in [0.5, 0.6) is 0 Å². The lowest BCUT2D eigenvalue weighted by molar-refractivity contribution is 0.431. The van der Waals surface area contributed by atoms with Crippen molar-refractivity contribution < 1.29 is 4.52 Å². The minimum Gasteiger partial charge on any atom is -0.334 e. The largest absolute Gasteiger partial charge is 0.334 e. The predicted molar refractivity (Wildman–Crippen MR) is 74.7 cm³/mol. The summed E-state index contributed by atoms with van der Waals surface area (Å²) in [5, 5.41) is 4.02. The van der Waals surface area contributed by atoms with E-state index in [1.165, 1.54) is 0 Å². The molecular weight excluding hydrogens is 254 g/mol. The Morgan fingerprint density at radius 2 is 2.15 bits per heavy atom. The average Bonchev–Trinajstić information content (AvgIpc) is 3.08. The smallest absolute Gasteiger partial charge is 0.258 e. The van der Waals surface area contributed by atoms with E-state index in [-0.39, 0.29) is 0 Å². The minimum absolute atomic E-state index is 0.505. The van der Waals surface area contributed by atoms with Crippen LogP contribution in [0.15, 0.2) is 41.3 Å². The molecule has 0 fully saturated rings. The Hall–Kier alpha value is -2.47. The van der Waals surface area contributed by atoms with E-state index in [0.717, 1.165) is 23.2 Å². The summed E-state index contributed by atoms with van der Waals surface area (Å²) in [5.74, 6) is 1.04. The van der Waals surface area contributed by atoms with E-state index in [1.807, 2.05) is 35.9 Å². The monoisotopic (exact) mass is 269 g/mol. The van der Waals surface area contributed by atoms with Crippen LogP contribution in [0.2, 0.25) is 0 Å². The molecule has 0 amide bonds. The first-order valence-corrected chi connectivity index (χ1v) is 6.38. The van der Waals surface area contributed by atoms with Crippen molar-refractivity contribution in [3.63, 3.8) is 0 Å². The average molecular weight is 269 g/mol. The van der Waals surface area contributed by atoms with Gasteiger partial charge in [-0.05, 0) is 24.6 Å². The maximum absolute atomic E-state index is 5.63. The van der Waals surface area contributed by atoms with Gasteiger partial charge in [-0.3, -0.25) is 0 Å². The Morgan fingerprint density at radius 3 is 2.90 bits per heavy atom. The Labute approximate surface area is 116 Å². The molecule has 20 heavy (non-hydrogen) atoms. The van der Waals surface area contributed by atoms with Crippen LogP contribution in [0.3, 0.4) is 0 Å². The van der Waals surface area contributed by atoms with Crippen LogP contribution in [0.25, 0.3) is 23.0 Å². The molecular formula is C14H15N5O. The molecule has 0 atom stereocenters. The van der Waals surface area contributed by atoms with Crippen molar-refractivity contribution >= 4 is 0 Å². The number of imidazole rings is 1. The van der Waals surface area contributed by atoms with E-state index in [9.17, 15) is 0 Å². The van der Waals surface area contributed by atoms with Crippen LogP contribution in [0, 0.1) is 0 Å². The fourth-order valence-corrected chi connectivity index (χ4v) is 2.11. The fourth-order valence-electron chi connectivity index (χ4n) is 2.11. The number of rotatable bonds is 4. The zero-order chi connectivity index (χ0) is 13.9. The fraction of sp³-hybridized carbons (Fsp3) is 0.214. The van der Waals surface area contributed by atoms with Crippen LogP contribution in [0.4, 0.5) is 0 Å². The van der Waals surface area contributed by atoms with Gasteiger partial charge in [0.1, 0.15) is 5.69 Å². The van der Waals surface area contributed by atoms with Crippen LogP contribution in [0.1, 0.15) is 5.56 Å². The summed E-state index contributed by atoms with van der Waals surface area (Å²) in [4.78, 5) is 8.50. The van der Waals surface area contributed by atoms with Crippen molar-refractivity contribution in [2.45, 2.75) is 6.42 Å². The van der Waals surface area contributed by atoms with E-state index in [2.05, 4.69) is 15.1 Å². The van der Waals surface area contributed by atoms with Gasteiger partial charge in [0.15, 0.2) is 0 Å². The van der Waals surface area contributed by atoms with Gasteiger partial charge in [-0.2, -0.15) is 4.98 Å². The maximum atomic E-state index is 5.63. The Balaban J connectivity index is 2.00. The van der Waals surface area contributed by atoms with Gasteiger partial charge in [0, 0.05) is 12.6 Å². The van der Waals surface area contributed by atoms with Crippen molar-refractivity contribution in [1.82, 2.24) is 19.7 Å². The third-order valence-corrected chi connectivity index (χ3v) is 3.13. The van der Waals surface area contributed by atoms with E-state index in [1.54, 1.807) is 12.5 Å². The Morgan fingerprint density at radius 1 is 1.30 bits per heavy atom. The van der Waals surface area contributed by atoms with Gasteiger partial charge in [0.25, 0.3) is 5.89 Å². The number of hydrogen-bond acceptors (Lipinski definition) is 5. The molecule has 0 spiro atoms. The van der Waals surface area contributed by atoms with Crippen LogP contribution < -0.4 is 5.73 Å². The van der Waals surface area contributed by atoms with Gasteiger partial charge in [-0.25, -0.2) is 4.98 Å². The molecule has 2 aromatic heterocycles. The first-order chi connectivity index (χ1) is 9.79. The standard InChI is InChI=1S/C14H15N5O/c1-19-9-16-8-12(19)13-17-14(20-18-13)11-5-3-2-4-10(11)6-7-15/h2-5,8-9H,6-7,15H2,1H3. The lowest BCUT2D eigenvalue weighted by atomic mass is 10.0. The number of nitrogens with zero attached hydrogens (tertiary/aromatic N) is 4. The maximum Gasteiger partial charge on any atom is 0.258 e. The molecule has 6 nitrogen and oxygen atoms in total. The quantitative estimate of drug-likeness (QED) is 0.778. The third kappa shape index (κ3) is 2.21. The van der Waals surface area contributed by atoms with Gasteiger partial charge in [0.2, 0.25) is 5.82 Å². The number of aryl methyl sites for hydroxylation is 1. The SMILES string of the molecule is Cn1cncc1-c1noc(-c2ccccc2CCN)n1. The van der Waals surface area contributed by atoms with Crippen molar-refractivity contribution in [3.05, 3.63) is 42.4 Å². The van der Waals surface area contributed by atoms with E-state index in [0.29, 0.717) is 18.3 Å². The summed E-state index contributed by atoms with van der Waals surface area (Å²) >= 11 is 0. The molecule has 0 aliphatic heterocycles. The normalized spacial score (nSPS) is 10.9. The number of nitrogens with two attached hydrogens (primary N) is 1. The highest BCUT2D eigenvalue weighted by molar-refractivity contribution is 5.61. The summed E-state index contributed by atoms with van der Waals surface area (Å²) in [5.41, 5.74) is 8.48. The molecule has 0 unspecified atom stereocenters. The number of hydrogen-bond donors (Lipinski definition) is 1. The molecule has 0 saturated heterocycles. The molecule has 0 aliphatic rings. The lowest BCUT2D eigenvalue weighted by Gasteiger charge is -2.03. The zero-order valence-corrected chi connectivity index (χ0v) is 11.2. The summed E-state index contributed by atoms with van der Waals surface area (Å²) in [7, 11) is 1.89. The van der Waals surface area contributed by atoms with Gasteiger partial charge in [0.05, 0.1) is 12.5 Å². The molecule has 3 rings (SSSR count). The van der Waals surface area contributed by atoms with Gasteiger partial charge < -0.3 is 14.8 Å². The highest BCUT2D eigenvalue weighted by Gasteiger charge is 2.15. The first-order valence-electron chi connectivity index (χ1n) is 6.38. The molecule has 0 saturated carbocycles. The zero-order valence-electron chi connectivity index (χ0n) is 11.2. The van der Waals surface area contributed by atoms with Crippen molar-refractivity contribution in [2.75, 3.05) is 6.54 Å². The predicted octanol–water partition coefficient (Wildman–Crippen LogP) is 1.64. The summed E-state index contributed by atoms with van der Waals surface area (Å²) in [6, 6.07) is 7.91. The number of aromatic nitrogens is 4. The molecule has 0 aliphatic carbocycles. The van der Waals surface area contributed by atoms with Gasteiger partial charge in [-0.15, -0.1) is 0 Å². The second-order valence-corrected chi connectivity index (χ2v) is 4.51. The lowest BCUT2D eigenvalue weighted by Crippen LogP contribution is -2.03. The second kappa shape index (κ2) is 5.26. The van der Waals surface area contributed by atoms with Crippen LogP contribution in [-0.2, 0) is 13.5 Å².